The topological polar surface area (TPSA) is 148 Å². The van der Waals surface area contributed by atoms with Crippen LogP contribution >= 0.6 is 15.9 Å². The Labute approximate surface area is 226 Å². The van der Waals surface area contributed by atoms with E-state index in [-0.39, 0.29) is 35.5 Å². The number of pyridine rings is 1. The second-order valence-corrected chi connectivity index (χ2v) is 11.0. The van der Waals surface area contributed by atoms with Crippen molar-refractivity contribution in [3.63, 3.8) is 0 Å². The lowest BCUT2D eigenvalue weighted by molar-refractivity contribution is -0.137. The van der Waals surface area contributed by atoms with Crippen LogP contribution in [0.1, 0.15) is 27.2 Å². The van der Waals surface area contributed by atoms with Crippen molar-refractivity contribution < 1.29 is 14.4 Å². The first-order valence-electron chi connectivity index (χ1n) is 12.1. The molecule has 1 aromatic carbocycles. The van der Waals surface area contributed by atoms with Gasteiger partial charge in [0, 0.05) is 24.5 Å². The van der Waals surface area contributed by atoms with Gasteiger partial charge in [0.25, 0.3) is 0 Å². The maximum Gasteiger partial charge on any atom is 0.248 e. The maximum atomic E-state index is 13.8. The van der Waals surface area contributed by atoms with Gasteiger partial charge in [0.1, 0.15) is 40.8 Å². The molecule has 11 nitrogen and oxygen atoms in total. The average Bonchev–Trinajstić information content (AvgIpc) is 3.33. The number of carbonyl (C=O) groups excluding carboxylic acids is 3. The lowest BCUT2D eigenvalue weighted by atomic mass is 9.90. The third-order valence-corrected chi connectivity index (χ3v) is 7.03. The molecule has 1 atom stereocenters. The van der Waals surface area contributed by atoms with Crippen LogP contribution in [0.3, 0.4) is 0 Å². The van der Waals surface area contributed by atoms with E-state index in [4.69, 9.17) is 5.73 Å². The molecule has 0 saturated carbocycles. The number of nitrogens with two attached hydrogens (primary N) is 1. The van der Waals surface area contributed by atoms with Crippen LogP contribution in [0.15, 0.2) is 47.3 Å². The number of aromatic nitrogens is 4. The van der Waals surface area contributed by atoms with Crippen LogP contribution in [0.25, 0.3) is 21.9 Å². The summed E-state index contributed by atoms with van der Waals surface area (Å²) in [7, 11) is 0. The number of hydrogen-bond donors (Lipinski definition) is 3. The summed E-state index contributed by atoms with van der Waals surface area (Å²) in [5, 5.41) is 6.92. The normalized spacial score (nSPS) is 16.6. The minimum absolute atomic E-state index is 0.0507. The molecule has 0 spiro atoms. The number of fused-ring (bicyclic) bond motifs is 3. The molecule has 1 saturated heterocycles. The molecule has 1 aliphatic heterocycles. The second kappa shape index (κ2) is 9.67. The van der Waals surface area contributed by atoms with E-state index < -0.39 is 6.04 Å². The van der Waals surface area contributed by atoms with Gasteiger partial charge in [0.15, 0.2) is 0 Å². The molecule has 196 valence electrons. The Morgan fingerprint density at radius 2 is 1.95 bits per heavy atom. The lowest BCUT2D eigenvalue weighted by Gasteiger charge is -2.24. The third kappa shape index (κ3) is 4.91. The first-order valence-corrected chi connectivity index (χ1v) is 12.8. The van der Waals surface area contributed by atoms with Crippen molar-refractivity contribution >= 4 is 72.9 Å². The molecule has 4 N–H and O–H groups in total. The number of nitrogens with zero attached hydrogens (tertiary/aromatic N) is 5. The standard InChI is InChI=1S/C26H27BrN8O3/c1-14(36)31-15-7-8-17-16(9-15)22-23(28)29-13-30-24(22)34(17)11-21(37)35-12-26(2,3)10-18(35)25(38)33-20-6-4-5-19(27)32-20/h4-9,13,18H,10-12H2,1-3H3,(H,31,36)(H2,28,29,30)(H,32,33,38)/t18-/m0/s1. The molecular weight excluding hydrogens is 552 g/mol. The van der Waals surface area contributed by atoms with Crippen LogP contribution in [0.2, 0.25) is 0 Å². The van der Waals surface area contributed by atoms with Crippen molar-refractivity contribution in [2.24, 2.45) is 5.41 Å². The highest BCUT2D eigenvalue weighted by Gasteiger charge is 2.43. The number of rotatable bonds is 5. The Balaban J connectivity index is 1.49. The fourth-order valence-electron chi connectivity index (χ4n) is 5.06. The van der Waals surface area contributed by atoms with Gasteiger partial charge in [0.2, 0.25) is 17.7 Å². The van der Waals surface area contributed by atoms with Crippen LogP contribution in [0.5, 0.6) is 0 Å². The molecule has 0 unspecified atom stereocenters. The first kappa shape index (κ1) is 25.6. The van der Waals surface area contributed by atoms with Crippen LogP contribution in [0, 0.1) is 5.41 Å². The fraction of sp³-hybridized carbons (Fsp3) is 0.308. The molecule has 4 aromatic rings. The molecule has 4 heterocycles. The molecule has 0 aliphatic carbocycles. The smallest absolute Gasteiger partial charge is 0.248 e. The number of hydrogen-bond acceptors (Lipinski definition) is 7. The van der Waals surface area contributed by atoms with E-state index in [2.05, 4.69) is 41.5 Å². The van der Waals surface area contributed by atoms with Crippen LogP contribution < -0.4 is 16.4 Å². The Bertz CT molecular complexity index is 1600. The van der Waals surface area contributed by atoms with Crippen molar-refractivity contribution in [2.75, 3.05) is 22.9 Å². The van der Waals surface area contributed by atoms with Gasteiger partial charge in [-0.3, -0.25) is 14.4 Å². The van der Waals surface area contributed by atoms with Crippen molar-refractivity contribution in [1.82, 2.24) is 24.4 Å². The molecule has 12 heteroatoms. The number of benzene rings is 1. The third-order valence-electron chi connectivity index (χ3n) is 6.59. The van der Waals surface area contributed by atoms with Gasteiger partial charge in [-0.05, 0) is 58.1 Å². The largest absolute Gasteiger partial charge is 0.383 e. The van der Waals surface area contributed by atoms with Gasteiger partial charge < -0.3 is 25.8 Å². The molecular formula is C26H27BrN8O3. The van der Waals surface area contributed by atoms with Crippen molar-refractivity contribution in [3.8, 4) is 0 Å². The summed E-state index contributed by atoms with van der Waals surface area (Å²) < 4.78 is 2.38. The Hall–Kier alpha value is -4.06. The van der Waals surface area contributed by atoms with E-state index >= 15 is 0 Å². The molecule has 3 aromatic heterocycles. The highest BCUT2D eigenvalue weighted by Crippen LogP contribution is 2.36. The van der Waals surface area contributed by atoms with E-state index in [1.807, 2.05) is 19.9 Å². The monoisotopic (exact) mass is 578 g/mol. The maximum absolute atomic E-state index is 13.8. The summed E-state index contributed by atoms with van der Waals surface area (Å²) in [5.41, 5.74) is 7.77. The van der Waals surface area contributed by atoms with Gasteiger partial charge in [0.05, 0.1) is 10.9 Å². The zero-order valence-electron chi connectivity index (χ0n) is 21.2. The van der Waals surface area contributed by atoms with E-state index in [0.29, 0.717) is 51.0 Å². The first-order chi connectivity index (χ1) is 18.0. The summed E-state index contributed by atoms with van der Waals surface area (Å²) >= 11 is 3.31. The van der Waals surface area contributed by atoms with Crippen LogP contribution in [-0.4, -0.2) is 54.7 Å². The van der Waals surface area contributed by atoms with Crippen LogP contribution in [0.4, 0.5) is 17.3 Å². The van der Waals surface area contributed by atoms with Crippen molar-refractivity contribution in [3.05, 3.63) is 47.3 Å². The Morgan fingerprint density at radius 3 is 2.68 bits per heavy atom. The average molecular weight is 579 g/mol. The highest BCUT2D eigenvalue weighted by atomic mass is 79.9. The van der Waals surface area contributed by atoms with Crippen molar-refractivity contribution in [2.45, 2.75) is 39.8 Å². The fourth-order valence-corrected chi connectivity index (χ4v) is 5.40. The van der Waals surface area contributed by atoms with Crippen molar-refractivity contribution in [1.29, 1.82) is 0 Å². The minimum Gasteiger partial charge on any atom is -0.383 e. The molecule has 38 heavy (non-hydrogen) atoms. The van der Waals surface area contributed by atoms with Crippen LogP contribution in [-0.2, 0) is 20.9 Å². The molecule has 0 bridgehead atoms. The molecule has 5 rings (SSSR count). The molecule has 1 aliphatic rings. The number of likely N-dealkylation sites (tertiary alicyclic amines) is 1. The number of nitrogens with one attached hydrogen (secondary N) is 2. The number of anilines is 3. The summed E-state index contributed by atoms with van der Waals surface area (Å²) in [4.78, 5) is 53.1. The number of amides is 3. The summed E-state index contributed by atoms with van der Waals surface area (Å²) in [5.74, 6) is -0.0343. The summed E-state index contributed by atoms with van der Waals surface area (Å²) in [6.07, 6.45) is 1.87. The van der Waals surface area contributed by atoms with E-state index in [1.54, 1.807) is 39.8 Å². The minimum atomic E-state index is -0.655. The number of carbonyl (C=O) groups is 3. The Kier molecular flexibility index (Phi) is 6.51. The van der Waals surface area contributed by atoms with E-state index in [9.17, 15) is 14.4 Å². The second-order valence-electron chi connectivity index (χ2n) is 10.2. The summed E-state index contributed by atoms with van der Waals surface area (Å²) in [6, 6.07) is 9.95. The Morgan fingerprint density at radius 1 is 1.16 bits per heavy atom. The van der Waals surface area contributed by atoms with E-state index in [0.717, 1.165) is 0 Å². The SMILES string of the molecule is CC(=O)Nc1ccc2c(c1)c1c(N)ncnc1n2CC(=O)N1CC(C)(C)C[C@H]1C(=O)Nc1cccc(Br)n1. The lowest BCUT2D eigenvalue weighted by Crippen LogP contribution is -2.44. The van der Waals surface area contributed by atoms with Gasteiger partial charge in [-0.1, -0.05) is 19.9 Å². The number of halogens is 1. The zero-order chi connectivity index (χ0) is 27.2. The van der Waals surface area contributed by atoms with Gasteiger partial charge in [-0.15, -0.1) is 0 Å². The quantitative estimate of drug-likeness (QED) is 0.306. The van der Waals surface area contributed by atoms with Gasteiger partial charge in [-0.25, -0.2) is 15.0 Å². The van der Waals surface area contributed by atoms with Gasteiger partial charge in [-0.2, -0.15) is 0 Å². The van der Waals surface area contributed by atoms with Gasteiger partial charge >= 0.3 is 0 Å². The van der Waals surface area contributed by atoms with E-state index in [1.165, 1.54) is 13.3 Å². The molecule has 0 radical (unpaired) electrons. The predicted molar refractivity (Wildman–Crippen MR) is 148 cm³/mol. The number of nitrogen functional groups attached to an aromatic ring is 1. The molecule has 3 amide bonds. The predicted octanol–water partition coefficient (Wildman–Crippen LogP) is 3.55. The highest BCUT2D eigenvalue weighted by molar-refractivity contribution is 9.10. The zero-order valence-corrected chi connectivity index (χ0v) is 22.7. The summed E-state index contributed by atoms with van der Waals surface area (Å²) in [6.45, 7) is 5.88. The molecule has 1 fully saturated rings.